The van der Waals surface area contributed by atoms with Crippen LogP contribution in [0.4, 0.5) is 0 Å². The average molecular weight is 206 g/mol. The lowest BCUT2D eigenvalue weighted by Gasteiger charge is -2.03. The summed E-state index contributed by atoms with van der Waals surface area (Å²) in [6, 6.07) is 6.94. The van der Waals surface area contributed by atoms with Crippen LogP contribution in [0.25, 0.3) is 0 Å². The highest BCUT2D eigenvalue weighted by Gasteiger charge is 2.08. The molecule has 0 bridgehead atoms. The summed E-state index contributed by atoms with van der Waals surface area (Å²) < 4.78 is 0. The fraction of sp³-hybridized carbons (Fsp3) is 0.182. The van der Waals surface area contributed by atoms with E-state index in [0.29, 0.717) is 12.0 Å². The van der Waals surface area contributed by atoms with Crippen LogP contribution in [0.3, 0.4) is 0 Å². The molecule has 0 atom stereocenters. The van der Waals surface area contributed by atoms with Crippen molar-refractivity contribution in [3.8, 4) is 12.3 Å². The summed E-state index contributed by atoms with van der Waals surface area (Å²) in [5.41, 5.74) is 0.342. The maximum Gasteiger partial charge on any atom is 0.336 e. The van der Waals surface area contributed by atoms with Crippen molar-refractivity contribution in [2.24, 2.45) is 0 Å². The van der Waals surface area contributed by atoms with Crippen LogP contribution in [0.2, 0.25) is 0 Å². The van der Waals surface area contributed by atoms with E-state index in [0.717, 1.165) is 10.6 Å². The number of carboxylic acid groups (broad SMARTS) is 1. The van der Waals surface area contributed by atoms with Crippen LogP contribution in [0.1, 0.15) is 16.8 Å². The molecule has 1 aromatic carbocycles. The van der Waals surface area contributed by atoms with Gasteiger partial charge < -0.3 is 5.11 Å². The summed E-state index contributed by atoms with van der Waals surface area (Å²) in [6.45, 7) is 0. The zero-order valence-electron chi connectivity index (χ0n) is 7.56. The van der Waals surface area contributed by atoms with Crippen LogP contribution in [-0.2, 0) is 0 Å². The third-order valence-corrected chi connectivity index (χ3v) is 2.70. The molecule has 0 saturated carbocycles. The predicted molar refractivity (Wildman–Crippen MR) is 57.6 cm³/mol. The van der Waals surface area contributed by atoms with Gasteiger partial charge in [0.2, 0.25) is 0 Å². The van der Waals surface area contributed by atoms with E-state index in [9.17, 15) is 4.79 Å². The molecule has 3 heteroatoms. The van der Waals surface area contributed by atoms with Crippen LogP contribution >= 0.6 is 11.8 Å². The molecular formula is C11H10O2S. The first-order valence-corrected chi connectivity index (χ1v) is 5.13. The molecule has 2 nitrogen and oxygen atoms in total. The lowest BCUT2D eigenvalue weighted by atomic mass is 10.2. The number of rotatable bonds is 4. The number of hydrogen-bond acceptors (Lipinski definition) is 2. The van der Waals surface area contributed by atoms with E-state index in [1.165, 1.54) is 11.8 Å². The highest BCUT2D eigenvalue weighted by molar-refractivity contribution is 7.99. The van der Waals surface area contributed by atoms with Crippen molar-refractivity contribution in [1.29, 1.82) is 0 Å². The largest absolute Gasteiger partial charge is 0.478 e. The summed E-state index contributed by atoms with van der Waals surface area (Å²) >= 11 is 1.48. The van der Waals surface area contributed by atoms with Gasteiger partial charge in [-0.05, 0) is 12.1 Å². The number of hydrogen-bond donors (Lipinski definition) is 1. The number of aromatic carboxylic acids is 1. The Balaban J connectivity index is 2.75. The maximum atomic E-state index is 10.8. The van der Waals surface area contributed by atoms with Crippen LogP contribution in [0.15, 0.2) is 29.2 Å². The van der Waals surface area contributed by atoms with Crippen molar-refractivity contribution in [3.05, 3.63) is 29.8 Å². The lowest BCUT2D eigenvalue weighted by molar-refractivity contribution is 0.0693. The Morgan fingerprint density at radius 2 is 2.21 bits per heavy atom. The van der Waals surface area contributed by atoms with E-state index in [4.69, 9.17) is 11.5 Å². The maximum absolute atomic E-state index is 10.8. The summed E-state index contributed by atoms with van der Waals surface area (Å²) in [5, 5.41) is 8.87. The Kier molecular flexibility index (Phi) is 4.09. The smallest absolute Gasteiger partial charge is 0.336 e. The summed E-state index contributed by atoms with van der Waals surface area (Å²) in [5.74, 6) is 2.37. The first kappa shape index (κ1) is 10.7. The van der Waals surface area contributed by atoms with Gasteiger partial charge in [-0.1, -0.05) is 12.1 Å². The monoisotopic (exact) mass is 206 g/mol. The second-order valence-corrected chi connectivity index (χ2v) is 3.74. The van der Waals surface area contributed by atoms with E-state index < -0.39 is 5.97 Å². The molecule has 1 rings (SSSR count). The normalized spacial score (nSPS) is 9.36. The van der Waals surface area contributed by atoms with Crippen LogP contribution in [-0.4, -0.2) is 16.8 Å². The molecule has 0 heterocycles. The van der Waals surface area contributed by atoms with Crippen molar-refractivity contribution in [2.75, 3.05) is 5.75 Å². The minimum absolute atomic E-state index is 0.342. The topological polar surface area (TPSA) is 37.3 Å². The van der Waals surface area contributed by atoms with Crippen LogP contribution in [0.5, 0.6) is 0 Å². The molecule has 1 aromatic rings. The van der Waals surface area contributed by atoms with Gasteiger partial charge in [-0.25, -0.2) is 4.79 Å². The molecule has 0 spiro atoms. The molecule has 0 aromatic heterocycles. The Labute approximate surface area is 87.3 Å². The molecule has 0 radical (unpaired) electrons. The molecule has 1 N–H and O–H groups in total. The molecular weight excluding hydrogens is 196 g/mol. The van der Waals surface area contributed by atoms with Gasteiger partial charge in [-0.15, -0.1) is 24.1 Å². The molecule has 14 heavy (non-hydrogen) atoms. The van der Waals surface area contributed by atoms with Crippen molar-refractivity contribution in [2.45, 2.75) is 11.3 Å². The highest BCUT2D eigenvalue weighted by Crippen LogP contribution is 2.22. The fourth-order valence-electron chi connectivity index (χ4n) is 0.989. The molecule has 0 aliphatic heterocycles. The number of carbonyl (C=O) groups is 1. The van der Waals surface area contributed by atoms with E-state index >= 15 is 0 Å². The predicted octanol–water partition coefficient (Wildman–Crippen LogP) is 2.50. The van der Waals surface area contributed by atoms with Gasteiger partial charge in [0, 0.05) is 17.1 Å². The number of terminal acetylenes is 1. The molecule has 0 amide bonds. The zero-order chi connectivity index (χ0) is 10.4. The van der Waals surface area contributed by atoms with Gasteiger partial charge in [0.25, 0.3) is 0 Å². The average Bonchev–Trinajstić information content (AvgIpc) is 2.19. The van der Waals surface area contributed by atoms with Crippen LogP contribution < -0.4 is 0 Å². The van der Waals surface area contributed by atoms with E-state index in [-0.39, 0.29) is 0 Å². The second kappa shape index (κ2) is 5.36. The van der Waals surface area contributed by atoms with Gasteiger partial charge in [0.1, 0.15) is 0 Å². The first-order valence-electron chi connectivity index (χ1n) is 4.14. The minimum Gasteiger partial charge on any atom is -0.478 e. The molecule has 0 fully saturated rings. The van der Waals surface area contributed by atoms with Gasteiger partial charge in [0.15, 0.2) is 0 Å². The lowest BCUT2D eigenvalue weighted by Crippen LogP contribution is -1.98. The molecule has 0 aliphatic rings. The van der Waals surface area contributed by atoms with Crippen molar-refractivity contribution >= 4 is 17.7 Å². The molecule has 72 valence electrons. The summed E-state index contributed by atoms with van der Waals surface area (Å²) in [6.07, 6.45) is 5.76. The number of carboxylic acids is 1. The van der Waals surface area contributed by atoms with Crippen LogP contribution in [0, 0.1) is 12.3 Å². The Hall–Kier alpha value is -1.40. The first-order chi connectivity index (χ1) is 6.75. The Bertz CT molecular complexity index is 366. The molecule has 0 aliphatic carbocycles. The van der Waals surface area contributed by atoms with Gasteiger partial charge in [-0.3, -0.25) is 0 Å². The third-order valence-electron chi connectivity index (χ3n) is 1.62. The Morgan fingerprint density at radius 1 is 1.50 bits per heavy atom. The van der Waals surface area contributed by atoms with Crippen molar-refractivity contribution in [1.82, 2.24) is 0 Å². The standard InChI is InChI=1S/C11H10O2S/c1-2-3-8-14-10-7-5-4-6-9(10)11(12)13/h1,4-7H,3,8H2,(H,12,13). The molecule has 0 saturated heterocycles. The summed E-state index contributed by atoms with van der Waals surface area (Å²) in [4.78, 5) is 11.6. The van der Waals surface area contributed by atoms with Gasteiger partial charge in [-0.2, -0.15) is 0 Å². The van der Waals surface area contributed by atoms with Crippen molar-refractivity contribution in [3.63, 3.8) is 0 Å². The van der Waals surface area contributed by atoms with Crippen molar-refractivity contribution < 1.29 is 9.90 Å². The fourth-order valence-corrected chi connectivity index (χ4v) is 1.91. The zero-order valence-corrected chi connectivity index (χ0v) is 8.38. The van der Waals surface area contributed by atoms with Gasteiger partial charge in [0.05, 0.1) is 5.56 Å². The van der Waals surface area contributed by atoms with E-state index in [2.05, 4.69) is 5.92 Å². The third kappa shape index (κ3) is 2.82. The quantitative estimate of drug-likeness (QED) is 0.467. The minimum atomic E-state index is -0.895. The van der Waals surface area contributed by atoms with E-state index in [1.807, 2.05) is 6.07 Å². The van der Waals surface area contributed by atoms with Gasteiger partial charge >= 0.3 is 5.97 Å². The second-order valence-electron chi connectivity index (χ2n) is 2.60. The summed E-state index contributed by atoms with van der Waals surface area (Å²) in [7, 11) is 0. The Morgan fingerprint density at radius 3 is 2.86 bits per heavy atom. The van der Waals surface area contributed by atoms with E-state index in [1.54, 1.807) is 18.2 Å². The highest BCUT2D eigenvalue weighted by atomic mass is 32.2. The number of thioether (sulfide) groups is 1. The molecule has 0 unspecified atom stereocenters. The SMILES string of the molecule is C#CCCSc1ccccc1C(=O)O. The number of benzene rings is 1.